The van der Waals surface area contributed by atoms with E-state index in [2.05, 4.69) is 12.2 Å². The average molecular weight is 261 g/mol. The zero-order valence-corrected chi connectivity index (χ0v) is 11.1. The number of benzene rings is 1. The quantitative estimate of drug-likeness (QED) is 0.827. The minimum atomic E-state index is -1.01. The van der Waals surface area contributed by atoms with Gasteiger partial charge in [-0.3, -0.25) is 4.79 Å². The predicted molar refractivity (Wildman–Crippen MR) is 72.3 cm³/mol. The van der Waals surface area contributed by atoms with Gasteiger partial charge in [0.1, 0.15) is 0 Å². The van der Waals surface area contributed by atoms with Gasteiger partial charge in [0.2, 0.25) is 0 Å². The zero-order valence-electron chi connectivity index (χ0n) is 11.1. The van der Waals surface area contributed by atoms with Crippen molar-refractivity contribution in [2.24, 2.45) is 5.41 Å². The number of carboxylic acids is 1. The molecule has 4 nitrogen and oxygen atoms in total. The Labute approximate surface area is 112 Å². The molecule has 19 heavy (non-hydrogen) atoms. The second-order valence-corrected chi connectivity index (χ2v) is 5.32. The van der Waals surface area contributed by atoms with Crippen molar-refractivity contribution >= 4 is 11.9 Å². The van der Waals surface area contributed by atoms with Crippen LogP contribution in [0.3, 0.4) is 0 Å². The van der Waals surface area contributed by atoms with E-state index in [1.54, 1.807) is 12.1 Å². The molecular formula is C15H19NO3. The van der Waals surface area contributed by atoms with Gasteiger partial charge in [-0.25, -0.2) is 4.79 Å². The predicted octanol–water partition coefficient (Wildman–Crippen LogP) is 2.69. The largest absolute Gasteiger partial charge is 0.478 e. The molecule has 1 aliphatic rings. The summed E-state index contributed by atoms with van der Waals surface area (Å²) in [7, 11) is 0. The van der Waals surface area contributed by atoms with E-state index < -0.39 is 5.97 Å². The maximum absolute atomic E-state index is 12.0. The van der Waals surface area contributed by atoms with Crippen LogP contribution < -0.4 is 5.32 Å². The number of rotatable bonds is 6. The van der Waals surface area contributed by atoms with Gasteiger partial charge in [0.25, 0.3) is 5.91 Å². The number of hydrogen-bond donors (Lipinski definition) is 2. The van der Waals surface area contributed by atoms with E-state index in [0.717, 1.165) is 12.8 Å². The van der Waals surface area contributed by atoms with Gasteiger partial charge in [0, 0.05) is 12.1 Å². The standard InChI is InChI=1S/C15H19NO3/c1-2-6-15(7-8-15)10-16-13(17)11-4-3-5-12(9-11)14(18)19/h3-5,9H,2,6-8,10H2,1H3,(H,16,17)(H,18,19). The highest BCUT2D eigenvalue weighted by Crippen LogP contribution is 2.48. The fourth-order valence-corrected chi connectivity index (χ4v) is 2.39. The third-order valence-corrected chi connectivity index (χ3v) is 3.73. The summed E-state index contributed by atoms with van der Waals surface area (Å²) in [4.78, 5) is 22.9. The highest BCUT2D eigenvalue weighted by Gasteiger charge is 2.41. The van der Waals surface area contributed by atoms with Crippen LogP contribution in [0.2, 0.25) is 0 Å². The van der Waals surface area contributed by atoms with Gasteiger partial charge in [-0.1, -0.05) is 19.4 Å². The average Bonchev–Trinajstić information content (AvgIpc) is 3.17. The van der Waals surface area contributed by atoms with Gasteiger partial charge in [0.05, 0.1) is 5.56 Å². The van der Waals surface area contributed by atoms with Crippen LogP contribution >= 0.6 is 0 Å². The molecule has 4 heteroatoms. The SMILES string of the molecule is CCCC1(CNC(=O)c2cccc(C(=O)O)c2)CC1. The van der Waals surface area contributed by atoms with Crippen LogP contribution in [-0.4, -0.2) is 23.5 Å². The number of carbonyl (C=O) groups is 2. The number of carbonyl (C=O) groups excluding carboxylic acids is 1. The monoisotopic (exact) mass is 261 g/mol. The Bertz CT molecular complexity index is 492. The van der Waals surface area contributed by atoms with Gasteiger partial charge < -0.3 is 10.4 Å². The molecule has 0 aliphatic heterocycles. The molecule has 1 fully saturated rings. The molecule has 1 amide bonds. The third-order valence-electron chi connectivity index (χ3n) is 3.73. The van der Waals surface area contributed by atoms with Crippen LogP contribution in [0.1, 0.15) is 53.3 Å². The first-order valence-corrected chi connectivity index (χ1v) is 6.68. The van der Waals surface area contributed by atoms with Gasteiger partial charge in [0.15, 0.2) is 0 Å². The van der Waals surface area contributed by atoms with Crippen molar-refractivity contribution in [1.29, 1.82) is 0 Å². The molecule has 0 radical (unpaired) electrons. The minimum Gasteiger partial charge on any atom is -0.478 e. The van der Waals surface area contributed by atoms with Crippen molar-refractivity contribution in [2.75, 3.05) is 6.54 Å². The second-order valence-electron chi connectivity index (χ2n) is 5.32. The summed E-state index contributed by atoms with van der Waals surface area (Å²) in [6, 6.07) is 6.13. The summed E-state index contributed by atoms with van der Waals surface area (Å²) in [6.45, 7) is 2.84. The topological polar surface area (TPSA) is 66.4 Å². The molecule has 2 rings (SSSR count). The minimum absolute atomic E-state index is 0.141. The summed E-state index contributed by atoms with van der Waals surface area (Å²) >= 11 is 0. The van der Waals surface area contributed by atoms with Gasteiger partial charge >= 0.3 is 5.97 Å². The summed E-state index contributed by atoms with van der Waals surface area (Å²) in [6.07, 6.45) is 4.62. The third kappa shape index (κ3) is 3.34. The lowest BCUT2D eigenvalue weighted by atomic mass is 10.0. The highest BCUT2D eigenvalue weighted by atomic mass is 16.4. The van der Waals surface area contributed by atoms with Crippen molar-refractivity contribution in [1.82, 2.24) is 5.32 Å². The van der Waals surface area contributed by atoms with Crippen molar-refractivity contribution in [2.45, 2.75) is 32.6 Å². The number of amides is 1. The van der Waals surface area contributed by atoms with Crippen LogP contribution in [-0.2, 0) is 0 Å². The molecule has 1 aliphatic carbocycles. The molecular weight excluding hydrogens is 242 g/mol. The first-order chi connectivity index (χ1) is 9.06. The van der Waals surface area contributed by atoms with Gasteiger partial charge in [-0.2, -0.15) is 0 Å². The van der Waals surface area contributed by atoms with Crippen molar-refractivity contribution in [3.63, 3.8) is 0 Å². The lowest BCUT2D eigenvalue weighted by Crippen LogP contribution is -2.30. The summed E-state index contributed by atoms with van der Waals surface area (Å²) in [5.74, 6) is -1.20. The van der Waals surface area contributed by atoms with E-state index >= 15 is 0 Å². The molecule has 0 bridgehead atoms. The number of nitrogens with one attached hydrogen (secondary N) is 1. The molecule has 0 spiro atoms. The van der Waals surface area contributed by atoms with Crippen molar-refractivity contribution in [3.8, 4) is 0 Å². The van der Waals surface area contributed by atoms with Crippen LogP contribution in [0.4, 0.5) is 0 Å². The summed E-state index contributed by atoms with van der Waals surface area (Å²) in [5, 5.41) is 11.8. The molecule has 102 valence electrons. The first kappa shape index (κ1) is 13.6. The van der Waals surface area contributed by atoms with Crippen molar-refractivity contribution in [3.05, 3.63) is 35.4 Å². The number of aromatic carboxylic acids is 1. The Balaban J connectivity index is 1.96. The summed E-state index contributed by atoms with van der Waals surface area (Å²) in [5.41, 5.74) is 0.851. The van der Waals surface area contributed by atoms with Gasteiger partial charge in [-0.05, 0) is 42.9 Å². The van der Waals surface area contributed by atoms with Crippen LogP contribution in [0.5, 0.6) is 0 Å². The lowest BCUT2D eigenvalue weighted by Gasteiger charge is -2.14. The van der Waals surface area contributed by atoms with E-state index in [1.165, 1.54) is 25.0 Å². The number of carboxylic acid groups (broad SMARTS) is 1. The number of hydrogen-bond acceptors (Lipinski definition) is 2. The lowest BCUT2D eigenvalue weighted by molar-refractivity contribution is 0.0697. The maximum Gasteiger partial charge on any atom is 0.335 e. The second kappa shape index (κ2) is 5.43. The molecule has 1 aromatic rings. The maximum atomic E-state index is 12.0. The summed E-state index contributed by atoms with van der Waals surface area (Å²) < 4.78 is 0. The Morgan fingerprint density at radius 1 is 1.32 bits per heavy atom. The van der Waals surface area contributed by atoms with Gasteiger partial charge in [-0.15, -0.1) is 0 Å². The molecule has 0 atom stereocenters. The zero-order chi connectivity index (χ0) is 13.9. The van der Waals surface area contributed by atoms with E-state index in [4.69, 9.17) is 5.11 Å². The highest BCUT2D eigenvalue weighted by molar-refractivity contribution is 5.97. The van der Waals surface area contributed by atoms with E-state index in [-0.39, 0.29) is 11.5 Å². The van der Waals surface area contributed by atoms with Crippen molar-refractivity contribution < 1.29 is 14.7 Å². The molecule has 2 N–H and O–H groups in total. The fourth-order valence-electron chi connectivity index (χ4n) is 2.39. The van der Waals surface area contributed by atoms with Crippen LogP contribution in [0, 0.1) is 5.41 Å². The normalized spacial score (nSPS) is 15.8. The van der Waals surface area contributed by atoms with E-state index in [1.807, 2.05) is 0 Å². The Hall–Kier alpha value is -1.84. The smallest absolute Gasteiger partial charge is 0.335 e. The van der Waals surface area contributed by atoms with E-state index in [9.17, 15) is 9.59 Å². The molecule has 0 heterocycles. The Morgan fingerprint density at radius 2 is 2.00 bits per heavy atom. The molecule has 1 saturated carbocycles. The van der Waals surface area contributed by atoms with Crippen LogP contribution in [0.25, 0.3) is 0 Å². The Kier molecular flexibility index (Phi) is 3.88. The molecule has 0 saturated heterocycles. The fraction of sp³-hybridized carbons (Fsp3) is 0.467. The molecule has 0 unspecified atom stereocenters. The van der Waals surface area contributed by atoms with Crippen LogP contribution in [0.15, 0.2) is 24.3 Å². The van der Waals surface area contributed by atoms with E-state index in [0.29, 0.717) is 17.5 Å². The Morgan fingerprint density at radius 3 is 2.58 bits per heavy atom. The molecule has 0 aromatic heterocycles. The first-order valence-electron chi connectivity index (χ1n) is 6.68. The molecule has 1 aromatic carbocycles.